The van der Waals surface area contributed by atoms with Crippen molar-refractivity contribution in [2.45, 2.75) is 19.6 Å². The SMILES string of the molecule is CNC(=O)NCCN(Cc1cccc(F)c1)Cc1nccn1Cc1cc(Cl)cc(Cl)c1. The molecule has 6 nitrogen and oxygen atoms in total. The van der Waals surface area contributed by atoms with Crippen LogP contribution in [0.1, 0.15) is 17.0 Å². The fourth-order valence-corrected chi connectivity index (χ4v) is 3.83. The van der Waals surface area contributed by atoms with E-state index >= 15 is 0 Å². The third kappa shape index (κ3) is 7.24. The van der Waals surface area contributed by atoms with Crippen LogP contribution in [0.4, 0.5) is 9.18 Å². The molecule has 164 valence electrons. The van der Waals surface area contributed by atoms with Gasteiger partial charge in [-0.05, 0) is 41.5 Å². The summed E-state index contributed by atoms with van der Waals surface area (Å²) in [6.07, 6.45) is 3.64. The molecule has 0 bridgehead atoms. The number of rotatable bonds is 9. The molecule has 1 aromatic heterocycles. The number of aromatic nitrogens is 2. The summed E-state index contributed by atoms with van der Waals surface area (Å²) in [5, 5.41) is 6.48. The number of urea groups is 1. The average Bonchev–Trinajstić information content (AvgIpc) is 3.13. The Bertz CT molecular complexity index is 1010. The molecule has 0 saturated heterocycles. The highest BCUT2D eigenvalue weighted by molar-refractivity contribution is 6.34. The predicted molar refractivity (Wildman–Crippen MR) is 121 cm³/mol. The molecule has 0 spiro atoms. The van der Waals surface area contributed by atoms with Gasteiger partial charge in [0.05, 0.1) is 6.54 Å². The third-order valence-corrected chi connectivity index (χ3v) is 5.11. The van der Waals surface area contributed by atoms with Crippen molar-refractivity contribution in [1.82, 2.24) is 25.1 Å². The molecule has 9 heteroatoms. The highest BCUT2D eigenvalue weighted by Gasteiger charge is 2.13. The van der Waals surface area contributed by atoms with Gasteiger partial charge in [0.1, 0.15) is 11.6 Å². The van der Waals surface area contributed by atoms with E-state index in [2.05, 4.69) is 20.5 Å². The number of amides is 2. The van der Waals surface area contributed by atoms with Gasteiger partial charge in [-0.25, -0.2) is 14.2 Å². The molecule has 31 heavy (non-hydrogen) atoms. The lowest BCUT2D eigenvalue weighted by Gasteiger charge is -2.23. The van der Waals surface area contributed by atoms with E-state index in [9.17, 15) is 9.18 Å². The zero-order valence-electron chi connectivity index (χ0n) is 17.1. The van der Waals surface area contributed by atoms with Gasteiger partial charge in [-0.15, -0.1) is 0 Å². The minimum Gasteiger partial charge on any atom is -0.341 e. The van der Waals surface area contributed by atoms with E-state index in [1.54, 1.807) is 25.4 Å². The van der Waals surface area contributed by atoms with E-state index in [0.29, 0.717) is 42.8 Å². The van der Waals surface area contributed by atoms with Gasteiger partial charge >= 0.3 is 6.03 Å². The normalized spacial score (nSPS) is 11.0. The summed E-state index contributed by atoms with van der Waals surface area (Å²) < 4.78 is 15.7. The third-order valence-electron chi connectivity index (χ3n) is 4.68. The van der Waals surface area contributed by atoms with Crippen LogP contribution in [0.5, 0.6) is 0 Å². The van der Waals surface area contributed by atoms with Crippen LogP contribution in [0.15, 0.2) is 54.9 Å². The molecular formula is C22H24Cl2FN5O. The first kappa shape index (κ1) is 23.1. The maximum atomic E-state index is 13.6. The molecule has 2 N–H and O–H groups in total. The van der Waals surface area contributed by atoms with Crippen LogP contribution < -0.4 is 10.6 Å². The number of carbonyl (C=O) groups is 1. The van der Waals surface area contributed by atoms with Crippen molar-refractivity contribution in [3.8, 4) is 0 Å². The quantitative estimate of drug-likeness (QED) is 0.496. The zero-order valence-corrected chi connectivity index (χ0v) is 18.6. The molecule has 2 amide bonds. The van der Waals surface area contributed by atoms with E-state index < -0.39 is 0 Å². The van der Waals surface area contributed by atoms with Gasteiger partial charge in [0.15, 0.2) is 0 Å². The lowest BCUT2D eigenvalue weighted by atomic mass is 10.2. The number of hydrogen-bond donors (Lipinski definition) is 2. The number of nitrogens with one attached hydrogen (secondary N) is 2. The summed E-state index contributed by atoms with van der Waals surface area (Å²) in [5.41, 5.74) is 1.81. The Morgan fingerprint density at radius 3 is 2.61 bits per heavy atom. The maximum Gasteiger partial charge on any atom is 0.314 e. The monoisotopic (exact) mass is 463 g/mol. The van der Waals surface area contributed by atoms with E-state index in [0.717, 1.165) is 17.0 Å². The molecule has 2 aromatic carbocycles. The van der Waals surface area contributed by atoms with Gasteiger partial charge < -0.3 is 15.2 Å². The van der Waals surface area contributed by atoms with Crippen molar-refractivity contribution in [2.75, 3.05) is 20.1 Å². The summed E-state index contributed by atoms with van der Waals surface area (Å²) in [6, 6.07) is 11.7. The zero-order chi connectivity index (χ0) is 22.2. The van der Waals surface area contributed by atoms with Gasteiger partial charge in [0.25, 0.3) is 0 Å². The Hall–Kier alpha value is -2.61. The van der Waals surface area contributed by atoms with Crippen LogP contribution in [0.25, 0.3) is 0 Å². The van der Waals surface area contributed by atoms with Crippen molar-refractivity contribution >= 4 is 29.2 Å². The number of halogens is 3. The van der Waals surface area contributed by atoms with Crippen LogP contribution in [-0.2, 0) is 19.6 Å². The highest BCUT2D eigenvalue weighted by atomic mass is 35.5. The summed E-state index contributed by atoms with van der Waals surface area (Å²) in [7, 11) is 1.57. The Labute approximate surface area is 191 Å². The molecule has 0 atom stereocenters. The van der Waals surface area contributed by atoms with E-state index in [4.69, 9.17) is 23.2 Å². The Morgan fingerprint density at radius 2 is 1.90 bits per heavy atom. The average molecular weight is 464 g/mol. The largest absolute Gasteiger partial charge is 0.341 e. The Balaban J connectivity index is 1.73. The first-order valence-corrected chi connectivity index (χ1v) is 10.6. The first-order valence-electron chi connectivity index (χ1n) is 9.80. The summed E-state index contributed by atoms with van der Waals surface area (Å²) in [4.78, 5) is 18.1. The van der Waals surface area contributed by atoms with Crippen molar-refractivity contribution in [3.05, 3.63) is 87.7 Å². The van der Waals surface area contributed by atoms with Crippen LogP contribution in [0.3, 0.4) is 0 Å². The van der Waals surface area contributed by atoms with E-state index in [1.807, 2.05) is 29.0 Å². The number of carbonyl (C=O) groups excluding carboxylic acids is 1. The number of imidazole rings is 1. The fraction of sp³-hybridized carbons (Fsp3) is 0.273. The molecule has 0 aliphatic carbocycles. The second kappa shape index (κ2) is 11.1. The van der Waals surface area contributed by atoms with Crippen LogP contribution >= 0.6 is 23.2 Å². The van der Waals surface area contributed by atoms with E-state index in [1.165, 1.54) is 12.1 Å². The maximum absolute atomic E-state index is 13.6. The summed E-state index contributed by atoms with van der Waals surface area (Å²) >= 11 is 12.2. The highest BCUT2D eigenvalue weighted by Crippen LogP contribution is 2.20. The molecule has 1 heterocycles. The van der Waals surface area contributed by atoms with Crippen LogP contribution in [0, 0.1) is 5.82 Å². The van der Waals surface area contributed by atoms with Gasteiger partial charge in [-0.2, -0.15) is 0 Å². The van der Waals surface area contributed by atoms with Crippen molar-refractivity contribution < 1.29 is 9.18 Å². The Kier molecular flexibility index (Phi) is 8.28. The minimum absolute atomic E-state index is 0.245. The molecule has 0 fully saturated rings. The standard InChI is InChI=1S/C22H24Cl2FN5O/c1-26-22(31)28-5-7-29(13-16-3-2-4-20(25)11-16)15-21-27-6-8-30(21)14-17-9-18(23)12-19(24)10-17/h2-4,6,8-12H,5,7,13-15H2,1H3,(H2,26,28,31). The number of benzene rings is 2. The minimum atomic E-state index is -0.278. The van der Waals surface area contributed by atoms with Gasteiger partial charge in [-0.3, -0.25) is 4.90 Å². The molecule has 3 rings (SSSR count). The van der Waals surface area contributed by atoms with Gasteiger partial charge in [0.2, 0.25) is 0 Å². The molecule has 0 aliphatic heterocycles. The van der Waals surface area contributed by atoms with Gasteiger partial charge in [-0.1, -0.05) is 35.3 Å². The van der Waals surface area contributed by atoms with Gasteiger partial charge in [0, 0.05) is 55.7 Å². The molecule has 3 aromatic rings. The Morgan fingerprint density at radius 1 is 1.13 bits per heavy atom. The predicted octanol–water partition coefficient (Wildman–Crippen LogP) is 4.31. The molecular weight excluding hydrogens is 440 g/mol. The van der Waals surface area contributed by atoms with Crippen molar-refractivity contribution in [3.63, 3.8) is 0 Å². The smallest absolute Gasteiger partial charge is 0.314 e. The molecule has 0 saturated carbocycles. The molecule has 0 radical (unpaired) electrons. The number of hydrogen-bond acceptors (Lipinski definition) is 3. The second-order valence-electron chi connectivity index (χ2n) is 7.10. The number of nitrogens with zero attached hydrogens (tertiary/aromatic N) is 3. The topological polar surface area (TPSA) is 62.2 Å². The lowest BCUT2D eigenvalue weighted by molar-refractivity contribution is 0.230. The van der Waals surface area contributed by atoms with Crippen molar-refractivity contribution in [1.29, 1.82) is 0 Å². The van der Waals surface area contributed by atoms with Crippen LogP contribution in [-0.4, -0.2) is 40.6 Å². The molecule has 0 unspecified atom stereocenters. The second-order valence-corrected chi connectivity index (χ2v) is 7.97. The lowest BCUT2D eigenvalue weighted by Crippen LogP contribution is -2.38. The van der Waals surface area contributed by atoms with Crippen LogP contribution in [0.2, 0.25) is 10.0 Å². The van der Waals surface area contributed by atoms with E-state index in [-0.39, 0.29) is 11.8 Å². The summed E-state index contributed by atoms with van der Waals surface area (Å²) in [5.74, 6) is 0.563. The summed E-state index contributed by atoms with van der Waals surface area (Å²) in [6.45, 7) is 2.62. The van der Waals surface area contributed by atoms with Crippen molar-refractivity contribution in [2.24, 2.45) is 0 Å². The molecule has 0 aliphatic rings. The first-order chi connectivity index (χ1) is 14.9. The fourth-order valence-electron chi connectivity index (χ4n) is 3.26.